The summed E-state index contributed by atoms with van der Waals surface area (Å²) in [5.41, 5.74) is 9.68. The minimum absolute atomic E-state index is 0.0660. The van der Waals surface area contributed by atoms with Crippen LogP contribution in [0, 0.1) is 10.8 Å². The molecular weight excluding hydrogens is 222 g/mol. The molecule has 18 heavy (non-hydrogen) atoms. The average molecular weight is 237 g/mol. The summed E-state index contributed by atoms with van der Waals surface area (Å²) in [7, 11) is 0. The van der Waals surface area contributed by atoms with Crippen LogP contribution in [0.1, 0.15) is 18.1 Å². The van der Waals surface area contributed by atoms with Crippen LogP contribution in [-0.4, -0.2) is 11.5 Å². The lowest BCUT2D eigenvalue weighted by Gasteiger charge is -2.06. The first-order valence-corrected chi connectivity index (χ1v) is 5.68. The van der Waals surface area contributed by atoms with Crippen LogP contribution in [0.5, 0.6) is 0 Å². The van der Waals surface area contributed by atoms with E-state index in [1.165, 1.54) is 0 Å². The van der Waals surface area contributed by atoms with Gasteiger partial charge in [0.15, 0.2) is 0 Å². The molecule has 0 aromatic heterocycles. The van der Waals surface area contributed by atoms with E-state index in [1.807, 2.05) is 48.5 Å². The van der Waals surface area contributed by atoms with E-state index in [1.54, 1.807) is 6.92 Å². The molecule has 0 atom stereocenters. The van der Waals surface area contributed by atoms with Gasteiger partial charge in [-0.05, 0) is 35.7 Å². The summed E-state index contributed by atoms with van der Waals surface area (Å²) in [5, 5.41) is 15.1. The molecule has 4 N–H and O–H groups in total. The van der Waals surface area contributed by atoms with Gasteiger partial charge >= 0.3 is 0 Å². The number of amidine groups is 1. The van der Waals surface area contributed by atoms with Crippen molar-refractivity contribution in [1.82, 2.24) is 0 Å². The molecule has 0 spiro atoms. The van der Waals surface area contributed by atoms with Crippen molar-refractivity contribution in [2.24, 2.45) is 5.73 Å². The molecule has 2 aromatic rings. The predicted octanol–water partition coefficient (Wildman–Crippen LogP) is 3.03. The highest BCUT2D eigenvalue weighted by molar-refractivity contribution is 5.98. The second-order valence-corrected chi connectivity index (χ2v) is 4.20. The number of nitrogens with two attached hydrogens (primary N) is 1. The van der Waals surface area contributed by atoms with Gasteiger partial charge in [-0.15, -0.1) is 0 Å². The van der Waals surface area contributed by atoms with E-state index in [2.05, 4.69) is 0 Å². The van der Waals surface area contributed by atoms with E-state index in [0.717, 1.165) is 16.7 Å². The Balaban J connectivity index is 2.48. The Labute approximate surface area is 106 Å². The first kappa shape index (κ1) is 12.0. The van der Waals surface area contributed by atoms with E-state index in [0.29, 0.717) is 11.3 Å². The molecule has 0 aliphatic carbocycles. The summed E-state index contributed by atoms with van der Waals surface area (Å²) >= 11 is 0. The number of nitrogens with one attached hydrogen (secondary N) is 2. The highest BCUT2D eigenvalue weighted by Crippen LogP contribution is 2.21. The lowest BCUT2D eigenvalue weighted by Crippen LogP contribution is -2.10. The van der Waals surface area contributed by atoms with Gasteiger partial charge in [-0.25, -0.2) is 0 Å². The largest absolute Gasteiger partial charge is 0.384 e. The Hall–Kier alpha value is -2.42. The van der Waals surface area contributed by atoms with Crippen LogP contribution in [0.4, 0.5) is 0 Å². The Morgan fingerprint density at radius 1 is 0.889 bits per heavy atom. The van der Waals surface area contributed by atoms with Crippen molar-refractivity contribution in [3.05, 3.63) is 59.7 Å². The Kier molecular flexibility index (Phi) is 3.24. The molecular formula is C15H15N3. The van der Waals surface area contributed by atoms with Crippen LogP contribution in [0.25, 0.3) is 11.1 Å². The summed E-state index contributed by atoms with van der Waals surface area (Å²) in [5.74, 6) is 0.0660. The molecule has 0 aliphatic rings. The van der Waals surface area contributed by atoms with Crippen LogP contribution in [0.2, 0.25) is 0 Å². The monoisotopic (exact) mass is 237 g/mol. The normalized spacial score (nSPS) is 10.1. The molecule has 2 aromatic carbocycles. The minimum atomic E-state index is 0.0660. The minimum Gasteiger partial charge on any atom is -0.384 e. The predicted molar refractivity (Wildman–Crippen MR) is 75.4 cm³/mol. The smallest absolute Gasteiger partial charge is 0.122 e. The summed E-state index contributed by atoms with van der Waals surface area (Å²) < 4.78 is 0. The van der Waals surface area contributed by atoms with Gasteiger partial charge in [-0.3, -0.25) is 5.41 Å². The number of hydrogen-bond acceptors (Lipinski definition) is 2. The molecule has 0 fully saturated rings. The van der Waals surface area contributed by atoms with E-state index in [-0.39, 0.29) is 5.84 Å². The van der Waals surface area contributed by atoms with Crippen LogP contribution >= 0.6 is 0 Å². The van der Waals surface area contributed by atoms with E-state index in [9.17, 15) is 0 Å². The van der Waals surface area contributed by atoms with Crippen LogP contribution in [-0.2, 0) is 0 Å². The third kappa shape index (κ3) is 2.46. The van der Waals surface area contributed by atoms with Crippen LogP contribution in [0.15, 0.2) is 48.5 Å². The average Bonchev–Trinajstić information content (AvgIpc) is 2.39. The molecule has 0 saturated carbocycles. The molecule has 0 bridgehead atoms. The summed E-state index contributed by atoms with van der Waals surface area (Å²) in [4.78, 5) is 0. The second kappa shape index (κ2) is 4.84. The fourth-order valence-corrected chi connectivity index (χ4v) is 1.80. The third-order valence-electron chi connectivity index (χ3n) is 2.80. The fourth-order valence-electron chi connectivity index (χ4n) is 1.80. The summed E-state index contributed by atoms with van der Waals surface area (Å²) in [6.45, 7) is 1.77. The van der Waals surface area contributed by atoms with Gasteiger partial charge in [0, 0.05) is 11.3 Å². The lowest BCUT2D eigenvalue weighted by molar-refractivity contribution is 1.42. The number of hydrogen-bond donors (Lipinski definition) is 3. The van der Waals surface area contributed by atoms with E-state index >= 15 is 0 Å². The van der Waals surface area contributed by atoms with E-state index in [4.69, 9.17) is 16.6 Å². The highest BCUT2D eigenvalue weighted by Gasteiger charge is 2.03. The van der Waals surface area contributed by atoms with Gasteiger partial charge in [-0.1, -0.05) is 36.4 Å². The van der Waals surface area contributed by atoms with Gasteiger partial charge < -0.3 is 11.1 Å². The molecule has 0 saturated heterocycles. The third-order valence-corrected chi connectivity index (χ3v) is 2.80. The molecule has 0 amide bonds. The number of nitrogen functional groups attached to an aromatic ring is 1. The van der Waals surface area contributed by atoms with Crippen molar-refractivity contribution in [3.8, 4) is 11.1 Å². The second-order valence-electron chi connectivity index (χ2n) is 4.20. The Bertz CT molecular complexity index is 559. The molecule has 3 nitrogen and oxygen atoms in total. The standard InChI is InChI=1S/C15H15N3/c1-10(16)11-4-2-5-12(8-11)13-6-3-7-14(9-13)15(17)18/h2-9,16H,1H3,(H3,17,18). The first-order chi connectivity index (χ1) is 8.58. The molecule has 3 heteroatoms. The molecule has 2 rings (SSSR count). The first-order valence-electron chi connectivity index (χ1n) is 5.68. The topological polar surface area (TPSA) is 73.7 Å². The quantitative estimate of drug-likeness (QED) is 0.557. The molecule has 0 radical (unpaired) electrons. The highest BCUT2D eigenvalue weighted by atomic mass is 14.7. The Morgan fingerprint density at radius 3 is 1.89 bits per heavy atom. The maximum absolute atomic E-state index is 7.65. The number of benzene rings is 2. The SMILES string of the molecule is CC(=N)c1cccc(-c2cccc(C(=N)N)c2)c1. The van der Waals surface area contributed by atoms with Gasteiger partial charge in [-0.2, -0.15) is 0 Å². The van der Waals surface area contributed by atoms with Gasteiger partial charge in [0.05, 0.1) is 0 Å². The molecule has 0 unspecified atom stereocenters. The van der Waals surface area contributed by atoms with Gasteiger partial charge in [0.2, 0.25) is 0 Å². The molecule has 0 aliphatic heterocycles. The Morgan fingerprint density at radius 2 is 1.39 bits per heavy atom. The van der Waals surface area contributed by atoms with Gasteiger partial charge in [0.1, 0.15) is 5.84 Å². The maximum atomic E-state index is 7.65. The zero-order valence-electron chi connectivity index (χ0n) is 10.2. The molecule has 90 valence electrons. The summed E-state index contributed by atoms with van der Waals surface area (Å²) in [6.07, 6.45) is 0. The maximum Gasteiger partial charge on any atom is 0.122 e. The van der Waals surface area contributed by atoms with Crippen molar-refractivity contribution in [2.45, 2.75) is 6.92 Å². The van der Waals surface area contributed by atoms with Crippen LogP contribution < -0.4 is 5.73 Å². The van der Waals surface area contributed by atoms with Crippen molar-refractivity contribution in [1.29, 1.82) is 10.8 Å². The van der Waals surface area contributed by atoms with Crippen molar-refractivity contribution in [3.63, 3.8) is 0 Å². The number of rotatable bonds is 3. The fraction of sp³-hybridized carbons (Fsp3) is 0.0667. The summed E-state index contributed by atoms with van der Waals surface area (Å²) in [6, 6.07) is 15.4. The zero-order valence-corrected chi connectivity index (χ0v) is 10.2. The van der Waals surface area contributed by atoms with E-state index < -0.39 is 0 Å². The van der Waals surface area contributed by atoms with Crippen molar-refractivity contribution < 1.29 is 0 Å². The van der Waals surface area contributed by atoms with Crippen LogP contribution in [0.3, 0.4) is 0 Å². The molecule has 0 heterocycles. The van der Waals surface area contributed by atoms with Gasteiger partial charge in [0.25, 0.3) is 0 Å². The van der Waals surface area contributed by atoms with Crippen molar-refractivity contribution in [2.75, 3.05) is 0 Å². The zero-order chi connectivity index (χ0) is 13.1. The van der Waals surface area contributed by atoms with Crippen molar-refractivity contribution >= 4 is 11.5 Å². The lowest BCUT2D eigenvalue weighted by atomic mass is 9.99.